The van der Waals surface area contributed by atoms with Crippen molar-refractivity contribution in [3.63, 3.8) is 0 Å². The maximum atomic E-state index is 10.7. The van der Waals surface area contributed by atoms with Crippen LogP contribution in [-0.4, -0.2) is 56.7 Å². The number of rotatable bonds is 7. The predicted molar refractivity (Wildman–Crippen MR) is 57.0 cm³/mol. The van der Waals surface area contributed by atoms with E-state index in [1.807, 2.05) is 0 Å². The van der Waals surface area contributed by atoms with E-state index in [9.17, 15) is 8.42 Å². The quantitative estimate of drug-likeness (QED) is 0.566. The van der Waals surface area contributed by atoms with Crippen LogP contribution in [0.3, 0.4) is 0 Å². The molecule has 0 bridgehead atoms. The molecule has 4 nitrogen and oxygen atoms in total. The molecule has 0 aromatic carbocycles. The zero-order chi connectivity index (χ0) is 10.3. The zero-order valence-electron chi connectivity index (χ0n) is 7.99. The summed E-state index contributed by atoms with van der Waals surface area (Å²) in [4.78, 5) is 0. The first-order valence-corrected chi connectivity index (χ1v) is 7.24. The first-order valence-electron chi connectivity index (χ1n) is 4.03. The van der Waals surface area contributed by atoms with E-state index in [1.54, 1.807) is 7.05 Å². The van der Waals surface area contributed by atoms with E-state index in [4.69, 9.17) is 5.11 Å². The van der Waals surface area contributed by atoms with Gasteiger partial charge in [0.25, 0.3) is 0 Å². The standard InChI is InChI=1S/C7H17NO3S2/c1-8-7(5-9)6-12-3-4-13(2,10)11/h7-9H,3-6H2,1-2H3. The Morgan fingerprint density at radius 1 is 1.54 bits per heavy atom. The van der Waals surface area contributed by atoms with Crippen LogP contribution >= 0.6 is 11.8 Å². The molecule has 0 rings (SSSR count). The monoisotopic (exact) mass is 227 g/mol. The van der Waals surface area contributed by atoms with E-state index in [0.29, 0.717) is 5.75 Å². The van der Waals surface area contributed by atoms with Crippen LogP contribution in [0.25, 0.3) is 0 Å². The Morgan fingerprint density at radius 2 is 2.15 bits per heavy atom. The minimum absolute atomic E-state index is 0.0598. The molecule has 0 aliphatic carbocycles. The molecule has 0 spiro atoms. The summed E-state index contributed by atoms with van der Waals surface area (Å²) in [5.74, 6) is 1.54. The van der Waals surface area contributed by atoms with Crippen molar-refractivity contribution in [1.82, 2.24) is 5.32 Å². The van der Waals surface area contributed by atoms with Crippen LogP contribution in [0.4, 0.5) is 0 Å². The van der Waals surface area contributed by atoms with Gasteiger partial charge in [-0.15, -0.1) is 0 Å². The predicted octanol–water partition coefficient (Wildman–Crippen LogP) is -0.655. The molecule has 0 aliphatic rings. The summed E-state index contributed by atoms with van der Waals surface area (Å²) in [5, 5.41) is 11.7. The molecule has 1 atom stereocenters. The number of hydrogen-bond donors (Lipinski definition) is 2. The summed E-state index contributed by atoms with van der Waals surface area (Å²) in [6.07, 6.45) is 1.23. The van der Waals surface area contributed by atoms with Crippen molar-refractivity contribution in [2.45, 2.75) is 6.04 Å². The lowest BCUT2D eigenvalue weighted by molar-refractivity contribution is 0.260. The third-order valence-corrected chi connectivity index (χ3v) is 3.88. The van der Waals surface area contributed by atoms with Crippen LogP contribution in [0.2, 0.25) is 0 Å². The van der Waals surface area contributed by atoms with Crippen molar-refractivity contribution >= 4 is 21.6 Å². The van der Waals surface area contributed by atoms with Crippen molar-refractivity contribution in [3.8, 4) is 0 Å². The van der Waals surface area contributed by atoms with Gasteiger partial charge in [0.2, 0.25) is 0 Å². The molecule has 80 valence electrons. The summed E-state index contributed by atoms with van der Waals surface area (Å²) in [6, 6.07) is 0.0598. The van der Waals surface area contributed by atoms with Crippen LogP contribution in [0.1, 0.15) is 0 Å². The fourth-order valence-electron chi connectivity index (χ4n) is 0.663. The van der Waals surface area contributed by atoms with Gasteiger partial charge in [-0.05, 0) is 7.05 Å². The number of aliphatic hydroxyl groups is 1. The number of nitrogens with one attached hydrogen (secondary N) is 1. The Labute approximate surface area is 84.0 Å². The molecular formula is C7H17NO3S2. The van der Waals surface area contributed by atoms with Crippen molar-refractivity contribution in [1.29, 1.82) is 0 Å². The van der Waals surface area contributed by atoms with Crippen LogP contribution in [0, 0.1) is 0 Å². The Balaban J connectivity index is 3.45. The molecule has 13 heavy (non-hydrogen) atoms. The van der Waals surface area contributed by atoms with Crippen LogP contribution in [0.5, 0.6) is 0 Å². The highest BCUT2D eigenvalue weighted by Crippen LogP contribution is 2.03. The van der Waals surface area contributed by atoms with Gasteiger partial charge >= 0.3 is 0 Å². The molecule has 0 saturated heterocycles. The topological polar surface area (TPSA) is 66.4 Å². The average molecular weight is 227 g/mol. The van der Waals surface area contributed by atoms with Gasteiger partial charge in [-0.3, -0.25) is 0 Å². The SMILES string of the molecule is CNC(CO)CSCCS(C)(=O)=O. The molecule has 0 aromatic heterocycles. The zero-order valence-corrected chi connectivity index (χ0v) is 9.62. The third kappa shape index (κ3) is 8.55. The Hall–Kier alpha value is 0.220. The van der Waals surface area contributed by atoms with Gasteiger partial charge in [0.15, 0.2) is 0 Å². The fraction of sp³-hybridized carbons (Fsp3) is 1.00. The maximum absolute atomic E-state index is 10.7. The third-order valence-electron chi connectivity index (χ3n) is 1.55. The number of aliphatic hydroxyl groups excluding tert-OH is 1. The molecule has 2 N–H and O–H groups in total. The maximum Gasteiger partial charge on any atom is 0.148 e. The van der Waals surface area contributed by atoms with Gasteiger partial charge in [0.05, 0.1) is 12.4 Å². The van der Waals surface area contributed by atoms with Gasteiger partial charge in [0.1, 0.15) is 9.84 Å². The summed E-state index contributed by atoms with van der Waals surface area (Å²) in [5.41, 5.74) is 0. The molecule has 0 fully saturated rings. The van der Waals surface area contributed by atoms with Crippen LogP contribution < -0.4 is 5.32 Å². The Bertz CT molecular complexity index is 212. The smallest absolute Gasteiger partial charge is 0.148 e. The van der Waals surface area contributed by atoms with Crippen molar-refractivity contribution in [3.05, 3.63) is 0 Å². The van der Waals surface area contributed by atoms with Gasteiger partial charge in [-0.2, -0.15) is 11.8 Å². The van der Waals surface area contributed by atoms with Gasteiger partial charge < -0.3 is 10.4 Å². The van der Waals surface area contributed by atoms with Gasteiger partial charge in [-0.25, -0.2) is 8.42 Å². The molecule has 0 aliphatic heterocycles. The molecule has 0 heterocycles. The minimum atomic E-state index is -2.84. The first kappa shape index (κ1) is 13.2. The van der Waals surface area contributed by atoms with E-state index in [1.165, 1.54) is 18.0 Å². The molecule has 6 heteroatoms. The highest BCUT2D eigenvalue weighted by Gasteiger charge is 2.05. The Kier molecular flexibility index (Phi) is 6.75. The fourth-order valence-corrected chi connectivity index (χ4v) is 3.07. The van der Waals surface area contributed by atoms with E-state index in [0.717, 1.165) is 5.75 Å². The Morgan fingerprint density at radius 3 is 2.54 bits per heavy atom. The number of thioether (sulfide) groups is 1. The largest absolute Gasteiger partial charge is 0.395 e. The highest BCUT2D eigenvalue weighted by molar-refractivity contribution is 8.00. The summed E-state index contributed by atoms with van der Waals surface area (Å²) in [7, 11) is -1.06. The lowest BCUT2D eigenvalue weighted by Crippen LogP contribution is -2.31. The van der Waals surface area contributed by atoms with Crippen LogP contribution in [0.15, 0.2) is 0 Å². The molecule has 0 amide bonds. The van der Waals surface area contributed by atoms with E-state index in [-0.39, 0.29) is 18.4 Å². The van der Waals surface area contributed by atoms with Gasteiger partial charge in [-0.1, -0.05) is 0 Å². The normalized spacial score (nSPS) is 14.4. The first-order chi connectivity index (χ1) is 5.99. The molecule has 1 unspecified atom stereocenters. The van der Waals surface area contributed by atoms with Gasteiger partial charge in [0, 0.05) is 23.8 Å². The number of hydrogen-bond acceptors (Lipinski definition) is 5. The lowest BCUT2D eigenvalue weighted by atomic mass is 10.4. The molecular weight excluding hydrogens is 210 g/mol. The molecule has 0 radical (unpaired) electrons. The summed E-state index contributed by atoms with van der Waals surface area (Å²) < 4.78 is 21.5. The van der Waals surface area contributed by atoms with Crippen molar-refractivity contribution < 1.29 is 13.5 Å². The second kappa shape index (κ2) is 6.64. The van der Waals surface area contributed by atoms with E-state index < -0.39 is 9.84 Å². The van der Waals surface area contributed by atoms with Crippen molar-refractivity contribution in [2.24, 2.45) is 0 Å². The summed E-state index contributed by atoms with van der Waals surface area (Å²) >= 11 is 1.54. The number of sulfone groups is 1. The second-order valence-electron chi connectivity index (χ2n) is 2.87. The minimum Gasteiger partial charge on any atom is -0.395 e. The molecule has 0 aromatic rings. The summed E-state index contributed by atoms with van der Waals surface area (Å²) in [6.45, 7) is 0.0857. The van der Waals surface area contributed by atoms with Crippen LogP contribution in [-0.2, 0) is 9.84 Å². The van der Waals surface area contributed by atoms with Crippen molar-refractivity contribution in [2.75, 3.05) is 37.2 Å². The number of likely N-dealkylation sites (N-methyl/N-ethyl adjacent to an activating group) is 1. The van der Waals surface area contributed by atoms with E-state index >= 15 is 0 Å². The average Bonchev–Trinajstić information content (AvgIpc) is 2.03. The molecule has 0 saturated carbocycles. The lowest BCUT2D eigenvalue weighted by Gasteiger charge is -2.11. The van der Waals surface area contributed by atoms with E-state index in [2.05, 4.69) is 5.32 Å². The second-order valence-corrected chi connectivity index (χ2v) is 6.28. The highest BCUT2D eigenvalue weighted by atomic mass is 32.2.